The Morgan fingerprint density at radius 2 is 1.56 bits per heavy atom. The van der Waals surface area contributed by atoms with Crippen molar-refractivity contribution >= 4 is 42.4 Å². The summed E-state index contributed by atoms with van der Waals surface area (Å²) >= 11 is 0. The van der Waals surface area contributed by atoms with Crippen LogP contribution in [0.1, 0.15) is 6.92 Å². The predicted molar refractivity (Wildman–Crippen MR) is 89.3 cm³/mol. The minimum Gasteiger partial charge on any atom is -0.247 e. The number of hydrogen-bond donors (Lipinski definition) is 0. The van der Waals surface area contributed by atoms with Crippen molar-refractivity contribution in [3.05, 3.63) is 31.5 Å². The molecule has 1 aromatic rings. The fourth-order valence-corrected chi connectivity index (χ4v) is 4.01. The molecule has 0 saturated carbocycles. The van der Waals surface area contributed by atoms with Crippen LogP contribution in [0.2, 0.25) is 0 Å². The molecule has 0 spiro atoms. The van der Waals surface area contributed by atoms with Gasteiger partial charge in [-0.15, -0.1) is 26.8 Å². The number of nitrogens with zero attached hydrogens (tertiary/aromatic N) is 3. The van der Waals surface area contributed by atoms with E-state index < -0.39 is 24.4 Å². The summed E-state index contributed by atoms with van der Waals surface area (Å²) in [6.45, 7) is 1.98. The van der Waals surface area contributed by atoms with Crippen molar-refractivity contribution in [3.63, 3.8) is 0 Å². The lowest BCUT2D eigenvalue weighted by Crippen LogP contribution is -2.53. The van der Waals surface area contributed by atoms with Crippen LogP contribution < -0.4 is 17.1 Å². The molecule has 0 aromatic carbocycles. The molecule has 6 nitrogen and oxygen atoms in total. The van der Waals surface area contributed by atoms with E-state index in [0.29, 0.717) is 20.8 Å². The summed E-state index contributed by atoms with van der Waals surface area (Å²) in [5, 5.41) is 0. The van der Waals surface area contributed by atoms with E-state index in [-0.39, 0.29) is 6.54 Å². The van der Waals surface area contributed by atoms with E-state index in [1.807, 2.05) is 0 Å². The molecular formula is C7H16N3O3P5. The van der Waals surface area contributed by atoms with Gasteiger partial charge in [0, 0.05) is 6.54 Å². The second-order valence-electron chi connectivity index (χ2n) is 3.47. The standard InChI is InChI=1S/C7H16N3O3P5/c1-2-8-5(11)9(3-17-14)7(13)10(6(8)12)4-18(15)16/h17H,2-4,14-16H2,1H3. The average molecular weight is 345 g/mol. The molecule has 0 aliphatic carbocycles. The van der Waals surface area contributed by atoms with Gasteiger partial charge in [-0.1, -0.05) is 8.27 Å². The maximum Gasteiger partial charge on any atom is 0.337 e. The molecule has 0 bridgehead atoms. The van der Waals surface area contributed by atoms with Crippen LogP contribution in [0.3, 0.4) is 0 Å². The zero-order valence-electron chi connectivity index (χ0n) is 9.87. The Balaban J connectivity index is 3.62. The highest BCUT2D eigenvalue weighted by atomic mass is 32.4. The first-order valence-electron chi connectivity index (χ1n) is 5.08. The van der Waals surface area contributed by atoms with Crippen LogP contribution in [0.4, 0.5) is 0 Å². The molecule has 18 heavy (non-hydrogen) atoms. The molecule has 0 fully saturated rings. The van der Waals surface area contributed by atoms with Gasteiger partial charge in [0.1, 0.15) is 0 Å². The monoisotopic (exact) mass is 345 g/mol. The van der Waals surface area contributed by atoms with Crippen LogP contribution in [0, 0.1) is 0 Å². The van der Waals surface area contributed by atoms with E-state index in [9.17, 15) is 14.4 Å². The van der Waals surface area contributed by atoms with Crippen molar-refractivity contribution in [2.75, 3.05) is 0 Å². The van der Waals surface area contributed by atoms with Gasteiger partial charge in [0.05, 0.1) is 12.6 Å². The molecule has 0 N–H and O–H groups in total. The van der Waals surface area contributed by atoms with Gasteiger partial charge in [0.2, 0.25) is 0 Å². The second-order valence-corrected chi connectivity index (χ2v) is 12.5. The van der Waals surface area contributed by atoms with E-state index in [4.69, 9.17) is 0 Å². The van der Waals surface area contributed by atoms with Crippen LogP contribution in [-0.2, 0) is 19.1 Å². The lowest BCUT2D eigenvalue weighted by atomic mass is 10.7. The molecule has 0 aliphatic rings. The summed E-state index contributed by atoms with van der Waals surface area (Å²) in [6.07, 6.45) is 0.650. The zero-order valence-corrected chi connectivity index (χ0v) is 15.2. The minimum absolute atomic E-state index is 0.267. The van der Waals surface area contributed by atoms with Crippen molar-refractivity contribution < 1.29 is 0 Å². The smallest absolute Gasteiger partial charge is 0.247 e. The summed E-state index contributed by atoms with van der Waals surface area (Å²) in [6, 6.07) is 0. The molecule has 0 aliphatic heterocycles. The molecular weight excluding hydrogens is 329 g/mol. The van der Waals surface area contributed by atoms with Crippen molar-refractivity contribution in [2.45, 2.75) is 26.0 Å². The van der Waals surface area contributed by atoms with Crippen molar-refractivity contribution in [2.24, 2.45) is 0 Å². The van der Waals surface area contributed by atoms with Crippen LogP contribution in [-0.4, -0.2) is 13.7 Å². The third-order valence-corrected chi connectivity index (χ3v) is 4.89. The molecule has 0 saturated heterocycles. The van der Waals surface area contributed by atoms with Gasteiger partial charge in [0.15, 0.2) is 0 Å². The lowest BCUT2D eigenvalue weighted by Gasteiger charge is -2.13. The summed E-state index contributed by atoms with van der Waals surface area (Å²) in [4.78, 5) is 36.1. The minimum atomic E-state index is -0.593. The van der Waals surface area contributed by atoms with Crippen molar-refractivity contribution in [1.29, 1.82) is 0 Å². The first-order chi connectivity index (χ1) is 8.43. The summed E-state index contributed by atoms with van der Waals surface area (Å²) in [5.74, 6) is 0. The molecule has 0 radical (unpaired) electrons. The normalized spacial score (nSPS) is 11.8. The van der Waals surface area contributed by atoms with E-state index >= 15 is 0 Å². The Labute approximate surface area is 114 Å². The SMILES string of the molecule is CCn1c(=O)n(CPP)c(=O)n(CP(P)P)c1=O. The number of hydrogen-bond acceptors (Lipinski definition) is 3. The zero-order chi connectivity index (χ0) is 13.9. The number of aromatic nitrogens is 3. The van der Waals surface area contributed by atoms with E-state index in [0.717, 1.165) is 13.7 Å². The van der Waals surface area contributed by atoms with Crippen LogP contribution in [0.25, 0.3) is 0 Å². The van der Waals surface area contributed by atoms with Gasteiger partial charge in [-0.2, -0.15) is 0 Å². The quantitative estimate of drug-likeness (QED) is 0.736. The van der Waals surface area contributed by atoms with Gasteiger partial charge < -0.3 is 0 Å². The Bertz CT molecular complexity index is 589. The first kappa shape index (κ1) is 16.6. The largest absolute Gasteiger partial charge is 0.337 e. The van der Waals surface area contributed by atoms with Gasteiger partial charge in [-0.05, 0) is 14.2 Å². The van der Waals surface area contributed by atoms with Gasteiger partial charge in [0.25, 0.3) is 0 Å². The van der Waals surface area contributed by atoms with Crippen LogP contribution in [0.15, 0.2) is 14.4 Å². The fourth-order valence-electron chi connectivity index (χ4n) is 1.46. The highest BCUT2D eigenvalue weighted by molar-refractivity contribution is 8.42. The molecule has 4 unspecified atom stereocenters. The Hall–Kier alpha value is 0.560. The summed E-state index contributed by atoms with van der Waals surface area (Å²) < 4.78 is 3.37. The molecule has 1 aromatic heterocycles. The van der Waals surface area contributed by atoms with E-state index in [1.165, 1.54) is 0 Å². The lowest BCUT2D eigenvalue weighted by molar-refractivity contribution is 0.511. The maximum absolute atomic E-state index is 12.1. The third-order valence-electron chi connectivity index (χ3n) is 2.26. The Kier molecular flexibility index (Phi) is 6.80. The van der Waals surface area contributed by atoms with Crippen molar-refractivity contribution in [3.8, 4) is 0 Å². The fraction of sp³-hybridized carbons (Fsp3) is 0.571. The number of rotatable bonds is 5. The molecule has 0 amide bonds. The van der Waals surface area contributed by atoms with E-state index in [2.05, 4.69) is 26.8 Å². The van der Waals surface area contributed by atoms with Gasteiger partial charge >= 0.3 is 17.1 Å². The molecule has 1 heterocycles. The Morgan fingerprint density at radius 3 is 2.00 bits per heavy atom. The van der Waals surface area contributed by atoms with Crippen LogP contribution in [0.5, 0.6) is 0 Å². The molecule has 4 atom stereocenters. The molecule has 1 rings (SSSR count). The third kappa shape index (κ3) is 3.56. The second kappa shape index (κ2) is 7.37. The van der Waals surface area contributed by atoms with Gasteiger partial charge in [-0.25, -0.2) is 28.1 Å². The van der Waals surface area contributed by atoms with Gasteiger partial charge in [-0.3, -0.25) is 0 Å². The van der Waals surface area contributed by atoms with E-state index in [1.54, 1.807) is 6.92 Å². The summed E-state index contributed by atoms with van der Waals surface area (Å²) in [7, 11) is 7.40. The summed E-state index contributed by atoms with van der Waals surface area (Å²) in [5.41, 5.74) is -1.55. The topological polar surface area (TPSA) is 66.0 Å². The molecule has 11 heteroatoms. The average Bonchev–Trinajstić information content (AvgIpc) is 2.31. The highest BCUT2D eigenvalue weighted by Gasteiger charge is 2.14. The van der Waals surface area contributed by atoms with Crippen molar-refractivity contribution in [1.82, 2.24) is 13.7 Å². The predicted octanol–water partition coefficient (Wildman–Crippen LogP) is 0.637. The highest BCUT2D eigenvalue weighted by Crippen LogP contribution is 2.53. The first-order valence-corrected chi connectivity index (χ1v) is 12.9. The Morgan fingerprint density at radius 1 is 1.06 bits per heavy atom. The maximum atomic E-state index is 12.1. The van der Waals surface area contributed by atoms with Crippen LogP contribution >= 0.6 is 42.4 Å². The molecule has 102 valence electrons.